The Hall–Kier alpha value is -0.710. The van der Waals surface area contributed by atoms with E-state index in [1.807, 2.05) is 0 Å². The zero-order chi connectivity index (χ0) is 11.2. The number of nitrogens with two attached hydrogens (primary N) is 1. The third kappa shape index (κ3) is 4.00. The molecule has 0 saturated carbocycles. The molecule has 0 aliphatic carbocycles. The van der Waals surface area contributed by atoms with E-state index in [-0.39, 0.29) is 6.42 Å². The number of ether oxygens (including phenoxy) is 1. The zero-order valence-corrected chi connectivity index (χ0v) is 8.56. The van der Waals surface area contributed by atoms with Gasteiger partial charge in [0.05, 0.1) is 0 Å². The number of halogens is 2. The Kier molecular flexibility index (Phi) is 5.60. The van der Waals surface area contributed by atoms with Crippen LogP contribution in [-0.4, -0.2) is 25.5 Å². The van der Waals surface area contributed by atoms with E-state index < -0.39 is 17.7 Å². The lowest BCUT2D eigenvalue weighted by Crippen LogP contribution is -2.41. The Morgan fingerprint density at radius 2 is 2.07 bits per heavy atom. The van der Waals surface area contributed by atoms with Gasteiger partial charge in [0.15, 0.2) is 0 Å². The van der Waals surface area contributed by atoms with Crippen molar-refractivity contribution < 1.29 is 18.3 Å². The molecule has 0 heterocycles. The molecule has 0 rings (SSSR count). The predicted octanol–water partition coefficient (Wildman–Crippen LogP) is 1.56. The highest BCUT2D eigenvalue weighted by molar-refractivity contribution is 5.81. The van der Waals surface area contributed by atoms with E-state index in [1.165, 1.54) is 6.92 Å². The first-order valence-electron chi connectivity index (χ1n) is 4.59. The van der Waals surface area contributed by atoms with Gasteiger partial charge in [0.2, 0.25) is 0 Å². The SMILES string of the molecule is COCCCCC(C)C(F)(F)C(N)=O. The van der Waals surface area contributed by atoms with Crippen LogP contribution in [0.4, 0.5) is 8.78 Å². The Bertz CT molecular complexity index is 186. The molecule has 1 unspecified atom stereocenters. The summed E-state index contributed by atoms with van der Waals surface area (Å²) in [5.41, 5.74) is 4.59. The largest absolute Gasteiger partial charge is 0.385 e. The number of carbonyl (C=O) groups is 1. The minimum atomic E-state index is -3.40. The van der Waals surface area contributed by atoms with Crippen LogP contribution in [0.2, 0.25) is 0 Å². The fourth-order valence-corrected chi connectivity index (χ4v) is 1.12. The Morgan fingerprint density at radius 3 is 2.50 bits per heavy atom. The summed E-state index contributed by atoms with van der Waals surface area (Å²) in [6.45, 7) is 1.88. The lowest BCUT2D eigenvalue weighted by molar-refractivity contribution is -0.149. The van der Waals surface area contributed by atoms with Crippen molar-refractivity contribution >= 4 is 5.91 Å². The molecule has 0 aromatic rings. The summed E-state index contributed by atoms with van der Waals surface area (Å²) in [4.78, 5) is 10.4. The molecule has 5 heteroatoms. The van der Waals surface area contributed by atoms with Crippen LogP contribution < -0.4 is 5.73 Å². The van der Waals surface area contributed by atoms with Crippen LogP contribution in [-0.2, 0) is 9.53 Å². The third-order valence-corrected chi connectivity index (χ3v) is 2.18. The highest BCUT2D eigenvalue weighted by Gasteiger charge is 2.42. The van der Waals surface area contributed by atoms with Crippen molar-refractivity contribution in [3.05, 3.63) is 0 Å². The Labute approximate surface area is 82.6 Å². The molecule has 2 N–H and O–H groups in total. The maximum Gasteiger partial charge on any atom is 0.326 e. The molecule has 84 valence electrons. The minimum absolute atomic E-state index is 0.277. The van der Waals surface area contributed by atoms with Crippen molar-refractivity contribution in [1.82, 2.24) is 0 Å². The lowest BCUT2D eigenvalue weighted by Gasteiger charge is -2.19. The fourth-order valence-electron chi connectivity index (χ4n) is 1.12. The van der Waals surface area contributed by atoms with Crippen molar-refractivity contribution in [2.75, 3.05) is 13.7 Å². The molecule has 0 radical (unpaired) electrons. The number of rotatable bonds is 7. The van der Waals surface area contributed by atoms with Gasteiger partial charge in [-0.05, 0) is 12.8 Å². The first-order valence-corrected chi connectivity index (χ1v) is 4.59. The van der Waals surface area contributed by atoms with Gasteiger partial charge in [-0.1, -0.05) is 13.3 Å². The molecule has 0 saturated heterocycles. The van der Waals surface area contributed by atoms with E-state index in [0.29, 0.717) is 13.0 Å². The van der Waals surface area contributed by atoms with Gasteiger partial charge in [0, 0.05) is 19.6 Å². The van der Waals surface area contributed by atoms with Crippen molar-refractivity contribution in [2.24, 2.45) is 11.7 Å². The van der Waals surface area contributed by atoms with E-state index in [4.69, 9.17) is 4.74 Å². The van der Waals surface area contributed by atoms with Crippen molar-refractivity contribution in [2.45, 2.75) is 32.1 Å². The molecule has 14 heavy (non-hydrogen) atoms. The number of amides is 1. The van der Waals surface area contributed by atoms with Crippen LogP contribution in [0, 0.1) is 5.92 Å². The maximum absolute atomic E-state index is 12.9. The number of unbranched alkanes of at least 4 members (excludes halogenated alkanes) is 1. The minimum Gasteiger partial charge on any atom is -0.385 e. The van der Waals surface area contributed by atoms with Crippen molar-refractivity contribution in [3.8, 4) is 0 Å². The molecule has 3 nitrogen and oxygen atoms in total. The topological polar surface area (TPSA) is 52.3 Å². The van der Waals surface area contributed by atoms with Crippen LogP contribution in [0.3, 0.4) is 0 Å². The van der Waals surface area contributed by atoms with Gasteiger partial charge in [-0.25, -0.2) is 0 Å². The van der Waals surface area contributed by atoms with Crippen LogP contribution in [0.5, 0.6) is 0 Å². The molecule has 0 fully saturated rings. The average molecular weight is 209 g/mol. The van der Waals surface area contributed by atoms with Crippen LogP contribution in [0.1, 0.15) is 26.2 Å². The fraction of sp³-hybridized carbons (Fsp3) is 0.889. The van der Waals surface area contributed by atoms with E-state index in [1.54, 1.807) is 7.11 Å². The Balaban J connectivity index is 3.83. The molecule has 0 spiro atoms. The van der Waals surface area contributed by atoms with Crippen LogP contribution >= 0.6 is 0 Å². The average Bonchev–Trinajstić information content (AvgIpc) is 2.11. The third-order valence-electron chi connectivity index (χ3n) is 2.18. The summed E-state index contributed by atoms with van der Waals surface area (Å²) in [5.74, 6) is -5.94. The quantitative estimate of drug-likeness (QED) is 0.647. The van der Waals surface area contributed by atoms with Crippen LogP contribution in [0.15, 0.2) is 0 Å². The molecular weight excluding hydrogens is 192 g/mol. The molecule has 0 bridgehead atoms. The summed E-state index contributed by atoms with van der Waals surface area (Å²) in [5, 5.41) is 0. The molecule has 0 aromatic heterocycles. The van der Waals surface area contributed by atoms with E-state index in [9.17, 15) is 13.6 Å². The highest BCUT2D eigenvalue weighted by Crippen LogP contribution is 2.27. The van der Waals surface area contributed by atoms with E-state index >= 15 is 0 Å². The van der Waals surface area contributed by atoms with Gasteiger partial charge in [-0.3, -0.25) is 4.79 Å². The standard InChI is InChI=1S/C9H17F2NO2/c1-7(5-3-4-6-14-2)9(10,11)8(12)13/h7H,3-6H2,1-2H3,(H2,12,13). The molecule has 0 aliphatic rings. The van der Waals surface area contributed by atoms with Gasteiger partial charge < -0.3 is 10.5 Å². The number of methoxy groups -OCH3 is 1. The molecule has 1 atom stereocenters. The smallest absolute Gasteiger partial charge is 0.326 e. The van der Waals surface area contributed by atoms with E-state index in [2.05, 4.69) is 5.73 Å². The number of primary amides is 1. The zero-order valence-electron chi connectivity index (χ0n) is 8.56. The predicted molar refractivity (Wildman–Crippen MR) is 49.0 cm³/mol. The van der Waals surface area contributed by atoms with E-state index in [0.717, 1.165) is 6.42 Å². The maximum atomic E-state index is 12.9. The second kappa shape index (κ2) is 5.90. The number of carbonyl (C=O) groups excluding carboxylic acids is 1. The molecule has 0 aromatic carbocycles. The second-order valence-electron chi connectivity index (χ2n) is 3.38. The first-order chi connectivity index (χ1) is 6.42. The lowest BCUT2D eigenvalue weighted by atomic mass is 9.96. The van der Waals surface area contributed by atoms with Crippen LogP contribution in [0.25, 0.3) is 0 Å². The number of hydrogen-bond donors (Lipinski definition) is 1. The van der Waals surface area contributed by atoms with Gasteiger partial charge in [-0.15, -0.1) is 0 Å². The van der Waals surface area contributed by atoms with Gasteiger partial charge in [0.1, 0.15) is 0 Å². The summed E-state index contributed by atoms with van der Waals surface area (Å²) >= 11 is 0. The monoisotopic (exact) mass is 209 g/mol. The molecule has 1 amide bonds. The van der Waals surface area contributed by atoms with Crippen molar-refractivity contribution in [1.29, 1.82) is 0 Å². The van der Waals surface area contributed by atoms with Gasteiger partial charge >= 0.3 is 5.92 Å². The summed E-state index contributed by atoms with van der Waals surface area (Å²) in [7, 11) is 1.56. The summed E-state index contributed by atoms with van der Waals surface area (Å²) in [6.07, 6.45) is 1.60. The summed E-state index contributed by atoms with van der Waals surface area (Å²) < 4.78 is 30.7. The van der Waals surface area contributed by atoms with Gasteiger partial charge in [0.25, 0.3) is 5.91 Å². The number of alkyl halides is 2. The molecule has 0 aliphatic heterocycles. The summed E-state index contributed by atoms with van der Waals surface area (Å²) in [6, 6.07) is 0. The normalized spacial score (nSPS) is 14.0. The second-order valence-corrected chi connectivity index (χ2v) is 3.38. The van der Waals surface area contributed by atoms with Gasteiger partial charge in [-0.2, -0.15) is 8.78 Å². The number of hydrogen-bond acceptors (Lipinski definition) is 2. The van der Waals surface area contributed by atoms with Crippen molar-refractivity contribution in [3.63, 3.8) is 0 Å². The first kappa shape index (κ1) is 13.3. The molecular formula is C9H17F2NO2. The Morgan fingerprint density at radius 1 is 1.50 bits per heavy atom. The highest BCUT2D eigenvalue weighted by atomic mass is 19.3.